The Morgan fingerprint density at radius 1 is 1.50 bits per heavy atom. The van der Waals surface area contributed by atoms with Gasteiger partial charge in [0.15, 0.2) is 0 Å². The Balaban J connectivity index is 1.78. The molecular weight excluding hydrogens is 258 g/mol. The normalized spacial score (nSPS) is 18.0. The summed E-state index contributed by atoms with van der Waals surface area (Å²) in [6.07, 6.45) is 7.62. The number of carbonyl (C=O) groups excluding carboxylic acids is 1. The molecule has 0 aliphatic carbocycles. The van der Waals surface area contributed by atoms with Crippen molar-refractivity contribution >= 4 is 5.91 Å². The molecule has 1 aliphatic rings. The molecule has 1 amide bonds. The van der Waals surface area contributed by atoms with Crippen LogP contribution in [0.25, 0.3) is 0 Å². The molecule has 1 saturated heterocycles. The zero-order valence-corrected chi connectivity index (χ0v) is 12.0. The highest BCUT2D eigenvalue weighted by Gasteiger charge is 2.17. The highest BCUT2D eigenvalue weighted by atomic mass is 16.5. The van der Waals surface area contributed by atoms with Gasteiger partial charge in [0.25, 0.3) is 5.91 Å². The zero-order valence-electron chi connectivity index (χ0n) is 12.0. The first-order valence-electron chi connectivity index (χ1n) is 6.94. The van der Waals surface area contributed by atoms with Gasteiger partial charge in [-0.3, -0.25) is 4.79 Å². The molecule has 1 aromatic heterocycles. The molecule has 0 unspecified atom stereocenters. The maximum absolute atomic E-state index is 12.1. The Morgan fingerprint density at radius 3 is 2.85 bits per heavy atom. The molecule has 0 radical (unpaired) electrons. The van der Waals surface area contributed by atoms with Crippen LogP contribution >= 0.6 is 0 Å². The molecule has 6 heteroatoms. The second-order valence-corrected chi connectivity index (χ2v) is 4.96. The maximum Gasteiger partial charge on any atom is 0.316 e. The van der Waals surface area contributed by atoms with E-state index in [4.69, 9.17) is 9.47 Å². The smallest absolute Gasteiger partial charge is 0.316 e. The van der Waals surface area contributed by atoms with E-state index in [-0.39, 0.29) is 11.9 Å². The topological polar surface area (TPSA) is 64.5 Å². The third kappa shape index (κ3) is 3.90. The number of methoxy groups -OCH3 is 1. The Hall–Kier alpha value is -1.69. The van der Waals surface area contributed by atoms with E-state index in [2.05, 4.69) is 9.97 Å². The second kappa shape index (κ2) is 7.19. The fraction of sp³-hybridized carbons (Fsp3) is 0.643. The maximum atomic E-state index is 12.1. The molecule has 2 heterocycles. The molecule has 20 heavy (non-hydrogen) atoms. The van der Waals surface area contributed by atoms with Crippen LogP contribution in [0, 0.1) is 0 Å². The summed E-state index contributed by atoms with van der Waals surface area (Å²) in [5.74, 6) is -0.0695. The van der Waals surface area contributed by atoms with Crippen molar-refractivity contribution in [3.63, 3.8) is 0 Å². The van der Waals surface area contributed by atoms with Gasteiger partial charge < -0.3 is 14.4 Å². The lowest BCUT2D eigenvalue weighted by Crippen LogP contribution is -2.28. The van der Waals surface area contributed by atoms with Gasteiger partial charge in [-0.2, -0.15) is 0 Å². The lowest BCUT2D eigenvalue weighted by Gasteiger charge is -2.18. The van der Waals surface area contributed by atoms with E-state index in [1.807, 2.05) is 0 Å². The van der Waals surface area contributed by atoms with Gasteiger partial charge >= 0.3 is 6.01 Å². The predicted molar refractivity (Wildman–Crippen MR) is 73.8 cm³/mol. The van der Waals surface area contributed by atoms with Gasteiger partial charge in [-0.1, -0.05) is 0 Å². The minimum absolute atomic E-state index is 0.0695. The predicted octanol–water partition coefficient (Wildman–Crippen LogP) is 1.52. The number of nitrogens with zero attached hydrogens (tertiary/aromatic N) is 3. The summed E-state index contributed by atoms with van der Waals surface area (Å²) >= 11 is 0. The number of ether oxygens (including phenoxy) is 2. The van der Waals surface area contributed by atoms with Crippen molar-refractivity contribution in [2.24, 2.45) is 0 Å². The molecule has 0 aromatic carbocycles. The Bertz CT molecular complexity index is 430. The average molecular weight is 279 g/mol. The number of carbonyl (C=O) groups is 1. The third-order valence-corrected chi connectivity index (χ3v) is 3.45. The molecule has 1 aliphatic heterocycles. The zero-order chi connectivity index (χ0) is 14.4. The molecule has 0 saturated carbocycles. The van der Waals surface area contributed by atoms with Crippen molar-refractivity contribution in [1.82, 2.24) is 14.9 Å². The van der Waals surface area contributed by atoms with Gasteiger partial charge in [0.2, 0.25) is 0 Å². The van der Waals surface area contributed by atoms with Gasteiger partial charge in [0, 0.05) is 32.6 Å². The van der Waals surface area contributed by atoms with Gasteiger partial charge in [-0.25, -0.2) is 9.97 Å². The number of aromatic nitrogens is 2. The van der Waals surface area contributed by atoms with Crippen LogP contribution in [0.4, 0.5) is 0 Å². The average Bonchev–Trinajstić information content (AvgIpc) is 2.99. The minimum atomic E-state index is -0.0695. The van der Waals surface area contributed by atoms with E-state index < -0.39 is 0 Å². The van der Waals surface area contributed by atoms with Crippen molar-refractivity contribution in [3.8, 4) is 6.01 Å². The molecule has 1 fully saturated rings. The van der Waals surface area contributed by atoms with Crippen molar-refractivity contribution in [1.29, 1.82) is 0 Å². The van der Waals surface area contributed by atoms with Gasteiger partial charge in [0.1, 0.15) is 0 Å². The summed E-state index contributed by atoms with van der Waals surface area (Å²) < 4.78 is 10.4. The molecule has 0 bridgehead atoms. The van der Waals surface area contributed by atoms with Crippen LogP contribution in [0.1, 0.15) is 36.0 Å². The highest BCUT2D eigenvalue weighted by molar-refractivity contribution is 5.93. The lowest BCUT2D eigenvalue weighted by molar-refractivity contribution is 0.0762. The SMILES string of the molecule is COc1ncc(C(=O)N(C)CCC[C@@H]2CCCO2)cn1. The van der Waals surface area contributed by atoms with Crippen LogP contribution in [0.3, 0.4) is 0 Å². The fourth-order valence-electron chi connectivity index (χ4n) is 2.28. The van der Waals surface area contributed by atoms with Gasteiger partial charge in [-0.15, -0.1) is 0 Å². The summed E-state index contributed by atoms with van der Waals surface area (Å²) in [6.45, 7) is 1.59. The third-order valence-electron chi connectivity index (χ3n) is 3.45. The first-order chi connectivity index (χ1) is 9.70. The Morgan fingerprint density at radius 2 is 2.25 bits per heavy atom. The number of hydrogen-bond acceptors (Lipinski definition) is 5. The van der Waals surface area contributed by atoms with Crippen molar-refractivity contribution in [3.05, 3.63) is 18.0 Å². The van der Waals surface area contributed by atoms with Crippen LogP contribution in [-0.4, -0.2) is 54.2 Å². The van der Waals surface area contributed by atoms with Gasteiger partial charge in [0.05, 0.1) is 18.8 Å². The Kier molecular flexibility index (Phi) is 5.29. The van der Waals surface area contributed by atoms with Crippen LogP contribution in [0.5, 0.6) is 6.01 Å². The van der Waals surface area contributed by atoms with E-state index >= 15 is 0 Å². The number of rotatable bonds is 6. The van der Waals surface area contributed by atoms with Gasteiger partial charge in [-0.05, 0) is 25.7 Å². The van der Waals surface area contributed by atoms with Crippen molar-refractivity contribution in [2.45, 2.75) is 31.8 Å². The van der Waals surface area contributed by atoms with Crippen molar-refractivity contribution in [2.75, 3.05) is 27.3 Å². The summed E-state index contributed by atoms with van der Waals surface area (Å²) in [7, 11) is 3.29. The largest absolute Gasteiger partial charge is 0.467 e. The van der Waals surface area contributed by atoms with Crippen LogP contribution < -0.4 is 4.74 Å². The number of hydrogen-bond donors (Lipinski definition) is 0. The first kappa shape index (κ1) is 14.7. The molecule has 110 valence electrons. The van der Waals surface area contributed by atoms with Crippen LogP contribution in [-0.2, 0) is 4.74 Å². The van der Waals surface area contributed by atoms with Crippen molar-refractivity contribution < 1.29 is 14.3 Å². The summed E-state index contributed by atoms with van der Waals surface area (Å²) in [6, 6.07) is 0.266. The van der Waals surface area contributed by atoms with E-state index in [0.29, 0.717) is 18.2 Å². The van der Waals surface area contributed by atoms with Crippen LogP contribution in [0.15, 0.2) is 12.4 Å². The summed E-state index contributed by atoms with van der Waals surface area (Å²) in [5.41, 5.74) is 0.477. The molecular formula is C14H21N3O3. The number of amides is 1. The molecule has 2 rings (SSSR count). The van der Waals surface area contributed by atoms with E-state index in [1.165, 1.54) is 19.5 Å². The van der Waals surface area contributed by atoms with E-state index in [0.717, 1.165) is 32.3 Å². The fourth-order valence-corrected chi connectivity index (χ4v) is 2.28. The molecule has 6 nitrogen and oxygen atoms in total. The molecule has 0 N–H and O–H groups in total. The van der Waals surface area contributed by atoms with E-state index in [1.54, 1.807) is 11.9 Å². The molecule has 0 spiro atoms. The lowest BCUT2D eigenvalue weighted by atomic mass is 10.1. The van der Waals surface area contributed by atoms with E-state index in [9.17, 15) is 4.79 Å². The second-order valence-electron chi connectivity index (χ2n) is 4.96. The summed E-state index contributed by atoms with van der Waals surface area (Å²) in [4.78, 5) is 21.7. The van der Waals surface area contributed by atoms with Crippen LogP contribution in [0.2, 0.25) is 0 Å². The highest BCUT2D eigenvalue weighted by Crippen LogP contribution is 2.17. The summed E-state index contributed by atoms with van der Waals surface area (Å²) in [5, 5.41) is 0. The minimum Gasteiger partial charge on any atom is -0.467 e. The Labute approximate surface area is 119 Å². The standard InChI is InChI=1S/C14H21N3O3/c1-17(7-3-5-12-6-4-8-20-12)13(18)11-9-15-14(19-2)16-10-11/h9-10,12H,3-8H2,1-2H3/t12-/m1/s1. The first-order valence-corrected chi connectivity index (χ1v) is 6.94. The monoisotopic (exact) mass is 279 g/mol. The molecule has 1 aromatic rings. The molecule has 1 atom stereocenters. The quantitative estimate of drug-likeness (QED) is 0.790.